The van der Waals surface area contributed by atoms with Gasteiger partial charge < -0.3 is 9.47 Å². The lowest BCUT2D eigenvalue weighted by Crippen LogP contribution is -2.17. The van der Waals surface area contributed by atoms with E-state index in [4.69, 9.17) is 32.7 Å². The van der Waals surface area contributed by atoms with Gasteiger partial charge in [0.15, 0.2) is 0 Å². The van der Waals surface area contributed by atoms with Crippen LogP contribution < -0.4 is 14.2 Å². The zero-order valence-corrected chi connectivity index (χ0v) is 21.2. The first kappa shape index (κ1) is 23.5. The molecule has 178 valence electrons. The Hall–Kier alpha value is -3.19. The van der Waals surface area contributed by atoms with Gasteiger partial charge in [-0.1, -0.05) is 59.6 Å². The van der Waals surface area contributed by atoms with Crippen LogP contribution in [0.1, 0.15) is 17.2 Å². The molecule has 1 unspecified atom stereocenters. The Morgan fingerprint density at radius 2 is 1.66 bits per heavy atom. The zero-order chi connectivity index (χ0) is 24.7. The van der Waals surface area contributed by atoms with Crippen LogP contribution in [0.4, 0.5) is 5.69 Å². The Kier molecular flexibility index (Phi) is 6.13. The molecule has 35 heavy (non-hydrogen) atoms. The van der Waals surface area contributed by atoms with Gasteiger partial charge in [0.05, 0.1) is 29.0 Å². The van der Waals surface area contributed by atoms with Gasteiger partial charge in [0.25, 0.3) is 0 Å². The second-order valence-corrected chi connectivity index (χ2v) is 10.8. The van der Waals surface area contributed by atoms with Crippen LogP contribution in [0.5, 0.6) is 11.5 Å². The van der Waals surface area contributed by atoms with E-state index in [1.54, 1.807) is 19.2 Å². The fourth-order valence-corrected chi connectivity index (χ4v) is 5.18. The summed E-state index contributed by atoms with van der Waals surface area (Å²) in [5, 5.41) is 0.971. The highest BCUT2D eigenvalue weighted by Crippen LogP contribution is 2.49. The molecule has 4 aromatic carbocycles. The minimum atomic E-state index is -3.45. The molecule has 1 heterocycles. The first-order chi connectivity index (χ1) is 16.7. The van der Waals surface area contributed by atoms with Crippen molar-refractivity contribution in [2.45, 2.75) is 6.10 Å². The molecule has 8 heteroatoms. The molecule has 0 fully saturated rings. The van der Waals surface area contributed by atoms with Crippen LogP contribution in [0, 0.1) is 0 Å². The number of methoxy groups -OCH3 is 1. The lowest BCUT2D eigenvalue weighted by atomic mass is 9.88. The smallest absolute Gasteiger partial charge is 0.229 e. The van der Waals surface area contributed by atoms with Crippen molar-refractivity contribution in [2.24, 2.45) is 0 Å². The molecule has 1 aliphatic rings. The van der Waals surface area contributed by atoms with Crippen molar-refractivity contribution in [2.75, 3.05) is 18.1 Å². The molecule has 5 rings (SSSR count). The molecule has 1 atom stereocenters. The Morgan fingerprint density at radius 1 is 0.886 bits per heavy atom. The Labute approximate surface area is 214 Å². The van der Waals surface area contributed by atoms with Crippen LogP contribution in [0.3, 0.4) is 0 Å². The van der Waals surface area contributed by atoms with Crippen molar-refractivity contribution >= 4 is 38.9 Å². The number of halogens is 2. The number of ether oxygens (including phenoxy) is 2. The lowest BCUT2D eigenvalue weighted by molar-refractivity contribution is 0.242. The maximum Gasteiger partial charge on any atom is 0.229 e. The summed E-state index contributed by atoms with van der Waals surface area (Å²) in [5.41, 5.74) is 5.79. The maximum atomic E-state index is 11.9. The summed E-state index contributed by atoms with van der Waals surface area (Å²) in [6.07, 6.45) is 0.646. The molecule has 1 N–H and O–H groups in total. The molecule has 5 nitrogen and oxygen atoms in total. The second kappa shape index (κ2) is 9.11. The zero-order valence-electron chi connectivity index (χ0n) is 18.9. The highest BCUT2D eigenvalue weighted by atomic mass is 35.5. The fourth-order valence-electron chi connectivity index (χ4n) is 4.32. The third-order valence-electron chi connectivity index (χ3n) is 5.80. The molecule has 0 amide bonds. The molecule has 0 spiro atoms. The van der Waals surface area contributed by atoms with E-state index in [2.05, 4.69) is 4.72 Å². The first-order valence-corrected chi connectivity index (χ1v) is 13.4. The molecule has 0 bridgehead atoms. The van der Waals surface area contributed by atoms with Crippen molar-refractivity contribution < 1.29 is 17.9 Å². The largest absolute Gasteiger partial charge is 0.496 e. The van der Waals surface area contributed by atoms with Gasteiger partial charge in [-0.3, -0.25) is 4.72 Å². The predicted octanol–water partition coefficient (Wildman–Crippen LogP) is 7.19. The standard InChI is InChI=1S/C27H21Cl2NO4S/c1-33-24-7-4-8-25-26(24)20-11-10-19(30-35(2,31)32)15-21(20)27(34-25)18-6-3-5-16(13-18)17-9-12-22(28)23(29)14-17/h3-15,27,30H,1-2H3. The van der Waals surface area contributed by atoms with Crippen LogP contribution in [-0.2, 0) is 10.0 Å². The summed E-state index contributed by atoms with van der Waals surface area (Å²) in [5.74, 6) is 1.36. The Morgan fingerprint density at radius 3 is 2.40 bits per heavy atom. The van der Waals surface area contributed by atoms with E-state index in [1.165, 1.54) is 0 Å². The molecule has 0 aliphatic carbocycles. The quantitative estimate of drug-likeness (QED) is 0.299. The lowest BCUT2D eigenvalue weighted by Gasteiger charge is -2.31. The average Bonchev–Trinajstić information content (AvgIpc) is 2.83. The summed E-state index contributed by atoms with van der Waals surface area (Å²) in [6.45, 7) is 0. The van der Waals surface area contributed by atoms with Crippen molar-refractivity contribution in [3.8, 4) is 33.8 Å². The van der Waals surface area contributed by atoms with Crippen LogP contribution in [0.25, 0.3) is 22.3 Å². The SMILES string of the molecule is COc1cccc2c1-c1ccc(NS(C)(=O)=O)cc1C(c1cccc(-c3ccc(Cl)c(Cl)c3)c1)O2. The van der Waals surface area contributed by atoms with Crippen molar-refractivity contribution in [1.29, 1.82) is 0 Å². The molecule has 0 aromatic heterocycles. The van der Waals surface area contributed by atoms with E-state index < -0.39 is 16.1 Å². The van der Waals surface area contributed by atoms with E-state index in [0.29, 0.717) is 27.2 Å². The van der Waals surface area contributed by atoms with E-state index >= 15 is 0 Å². The van der Waals surface area contributed by atoms with Gasteiger partial charge in [-0.2, -0.15) is 0 Å². The minimum absolute atomic E-state index is 0.457. The number of fused-ring (bicyclic) bond motifs is 3. The summed E-state index contributed by atoms with van der Waals surface area (Å²) >= 11 is 12.3. The van der Waals surface area contributed by atoms with Gasteiger partial charge in [0.2, 0.25) is 10.0 Å². The number of anilines is 1. The topological polar surface area (TPSA) is 64.6 Å². The summed E-state index contributed by atoms with van der Waals surface area (Å²) < 4.78 is 38.4. The number of rotatable bonds is 5. The summed E-state index contributed by atoms with van der Waals surface area (Å²) in [6, 6.07) is 24.6. The highest BCUT2D eigenvalue weighted by molar-refractivity contribution is 7.92. The van der Waals surface area contributed by atoms with E-state index in [9.17, 15) is 8.42 Å². The number of hydrogen-bond donors (Lipinski definition) is 1. The number of sulfonamides is 1. The fraction of sp³-hybridized carbons (Fsp3) is 0.111. The normalized spacial score (nSPS) is 14.5. The second-order valence-electron chi connectivity index (χ2n) is 8.26. The molecule has 1 aliphatic heterocycles. The molecule has 4 aromatic rings. The van der Waals surface area contributed by atoms with E-state index in [1.807, 2.05) is 66.7 Å². The van der Waals surface area contributed by atoms with Gasteiger partial charge in [0.1, 0.15) is 17.6 Å². The summed E-state index contributed by atoms with van der Waals surface area (Å²) in [7, 11) is -1.84. The molecule has 0 saturated heterocycles. The van der Waals surface area contributed by atoms with Gasteiger partial charge in [-0.15, -0.1) is 0 Å². The summed E-state index contributed by atoms with van der Waals surface area (Å²) in [4.78, 5) is 0. The van der Waals surface area contributed by atoms with Gasteiger partial charge >= 0.3 is 0 Å². The van der Waals surface area contributed by atoms with Gasteiger partial charge in [-0.25, -0.2) is 8.42 Å². The molecular formula is C27H21Cl2NO4S. The van der Waals surface area contributed by atoms with Crippen LogP contribution in [0.15, 0.2) is 78.9 Å². The van der Waals surface area contributed by atoms with Gasteiger partial charge in [-0.05, 0) is 64.7 Å². The molecule has 0 saturated carbocycles. The first-order valence-electron chi connectivity index (χ1n) is 10.7. The Bertz CT molecular complexity index is 1550. The number of benzene rings is 4. The Balaban J connectivity index is 1.66. The predicted molar refractivity (Wildman–Crippen MR) is 141 cm³/mol. The number of hydrogen-bond acceptors (Lipinski definition) is 4. The highest BCUT2D eigenvalue weighted by Gasteiger charge is 2.30. The van der Waals surface area contributed by atoms with Crippen molar-refractivity contribution in [1.82, 2.24) is 0 Å². The van der Waals surface area contributed by atoms with Crippen LogP contribution in [0.2, 0.25) is 10.0 Å². The van der Waals surface area contributed by atoms with Crippen molar-refractivity contribution in [3.63, 3.8) is 0 Å². The van der Waals surface area contributed by atoms with E-state index in [0.717, 1.165) is 39.6 Å². The maximum absolute atomic E-state index is 11.9. The monoisotopic (exact) mass is 525 g/mol. The van der Waals surface area contributed by atoms with Crippen LogP contribution >= 0.6 is 23.2 Å². The third-order valence-corrected chi connectivity index (χ3v) is 7.15. The van der Waals surface area contributed by atoms with E-state index in [-0.39, 0.29) is 0 Å². The minimum Gasteiger partial charge on any atom is -0.496 e. The number of nitrogens with one attached hydrogen (secondary N) is 1. The van der Waals surface area contributed by atoms with Crippen molar-refractivity contribution in [3.05, 3.63) is 100 Å². The molecular weight excluding hydrogens is 505 g/mol. The molecule has 0 radical (unpaired) electrons. The van der Waals surface area contributed by atoms with Gasteiger partial charge in [0, 0.05) is 11.3 Å². The third kappa shape index (κ3) is 4.69. The average molecular weight is 526 g/mol. The van der Waals surface area contributed by atoms with Crippen LogP contribution in [-0.4, -0.2) is 21.8 Å².